The second kappa shape index (κ2) is 11.2. The summed E-state index contributed by atoms with van der Waals surface area (Å²) in [5.41, 5.74) is 1.16. The molecule has 0 aliphatic rings. The fourth-order valence-corrected chi connectivity index (χ4v) is 4.25. The van der Waals surface area contributed by atoms with Crippen molar-refractivity contribution >= 4 is 27.7 Å². The first kappa shape index (κ1) is 23.3. The van der Waals surface area contributed by atoms with Crippen LogP contribution in [0.15, 0.2) is 58.3 Å². The SMILES string of the molecule is CCOc1ccc(CCCNC(=O)CN(C)S(=O)(=O)c2ccc(SC)cc2)cc1. The van der Waals surface area contributed by atoms with E-state index in [2.05, 4.69) is 5.32 Å². The third-order valence-electron chi connectivity index (χ3n) is 4.33. The van der Waals surface area contributed by atoms with Gasteiger partial charge in [0.2, 0.25) is 15.9 Å². The summed E-state index contributed by atoms with van der Waals surface area (Å²) in [6.45, 7) is 2.86. The molecule has 0 atom stereocenters. The van der Waals surface area contributed by atoms with Gasteiger partial charge in [0.25, 0.3) is 0 Å². The van der Waals surface area contributed by atoms with E-state index < -0.39 is 10.0 Å². The van der Waals surface area contributed by atoms with Gasteiger partial charge in [-0.3, -0.25) is 4.79 Å². The van der Waals surface area contributed by atoms with E-state index >= 15 is 0 Å². The van der Waals surface area contributed by atoms with Crippen molar-refractivity contribution in [2.75, 3.05) is 33.0 Å². The number of sulfonamides is 1. The predicted molar refractivity (Wildman–Crippen MR) is 117 cm³/mol. The van der Waals surface area contributed by atoms with E-state index in [-0.39, 0.29) is 17.3 Å². The Morgan fingerprint density at radius 3 is 2.34 bits per heavy atom. The number of carbonyl (C=O) groups is 1. The summed E-state index contributed by atoms with van der Waals surface area (Å²) < 4.78 is 31.7. The van der Waals surface area contributed by atoms with Crippen LogP contribution in [0, 0.1) is 0 Å². The molecular weight excluding hydrogens is 408 g/mol. The van der Waals surface area contributed by atoms with Gasteiger partial charge < -0.3 is 10.1 Å². The Morgan fingerprint density at radius 2 is 1.76 bits per heavy atom. The van der Waals surface area contributed by atoms with Gasteiger partial charge in [-0.25, -0.2) is 8.42 Å². The van der Waals surface area contributed by atoms with Gasteiger partial charge in [-0.15, -0.1) is 11.8 Å². The maximum atomic E-state index is 12.6. The van der Waals surface area contributed by atoms with E-state index in [1.54, 1.807) is 36.0 Å². The number of aryl methyl sites for hydroxylation is 1. The number of carbonyl (C=O) groups excluding carboxylic acids is 1. The van der Waals surface area contributed by atoms with Crippen molar-refractivity contribution in [2.45, 2.75) is 29.6 Å². The van der Waals surface area contributed by atoms with Gasteiger partial charge in [0, 0.05) is 18.5 Å². The first-order chi connectivity index (χ1) is 13.9. The summed E-state index contributed by atoms with van der Waals surface area (Å²) in [4.78, 5) is 13.3. The molecule has 2 aromatic rings. The number of amides is 1. The Balaban J connectivity index is 1.77. The molecule has 0 aliphatic heterocycles. The first-order valence-electron chi connectivity index (χ1n) is 9.45. The molecule has 29 heavy (non-hydrogen) atoms. The van der Waals surface area contributed by atoms with Crippen molar-refractivity contribution in [3.8, 4) is 5.75 Å². The third-order valence-corrected chi connectivity index (χ3v) is 6.89. The fraction of sp³-hybridized carbons (Fsp3) is 0.381. The van der Waals surface area contributed by atoms with E-state index in [9.17, 15) is 13.2 Å². The van der Waals surface area contributed by atoms with Gasteiger partial charge in [-0.05, 0) is 68.0 Å². The number of hydrogen-bond donors (Lipinski definition) is 1. The quantitative estimate of drug-likeness (QED) is 0.433. The summed E-state index contributed by atoms with van der Waals surface area (Å²) in [5, 5.41) is 2.78. The second-order valence-electron chi connectivity index (χ2n) is 6.47. The number of hydrogen-bond acceptors (Lipinski definition) is 5. The van der Waals surface area contributed by atoms with Crippen LogP contribution in [0.3, 0.4) is 0 Å². The highest BCUT2D eigenvalue weighted by Crippen LogP contribution is 2.19. The molecule has 158 valence electrons. The number of benzene rings is 2. The van der Waals surface area contributed by atoms with Gasteiger partial charge in [0.1, 0.15) is 5.75 Å². The Labute approximate surface area is 177 Å². The predicted octanol–water partition coefficient (Wildman–Crippen LogP) is 3.18. The molecule has 6 nitrogen and oxygen atoms in total. The maximum Gasteiger partial charge on any atom is 0.243 e. The van der Waals surface area contributed by atoms with Crippen molar-refractivity contribution in [1.82, 2.24) is 9.62 Å². The van der Waals surface area contributed by atoms with Crippen molar-refractivity contribution in [3.05, 3.63) is 54.1 Å². The van der Waals surface area contributed by atoms with E-state index in [4.69, 9.17) is 4.74 Å². The number of rotatable bonds is 11. The molecule has 1 N–H and O–H groups in total. The molecule has 0 fully saturated rings. The van der Waals surface area contributed by atoms with E-state index in [0.717, 1.165) is 33.4 Å². The Bertz CT molecular complexity index is 882. The highest BCUT2D eigenvalue weighted by Gasteiger charge is 2.22. The van der Waals surface area contributed by atoms with E-state index in [0.29, 0.717) is 13.2 Å². The van der Waals surface area contributed by atoms with E-state index in [1.165, 1.54) is 7.05 Å². The zero-order valence-electron chi connectivity index (χ0n) is 17.1. The van der Waals surface area contributed by atoms with Crippen molar-refractivity contribution in [2.24, 2.45) is 0 Å². The van der Waals surface area contributed by atoms with Crippen LogP contribution in [0.2, 0.25) is 0 Å². The van der Waals surface area contributed by atoms with Gasteiger partial charge in [0.05, 0.1) is 18.0 Å². The molecule has 0 bridgehead atoms. The normalized spacial score (nSPS) is 11.4. The zero-order valence-corrected chi connectivity index (χ0v) is 18.7. The zero-order chi connectivity index (χ0) is 21.3. The fourth-order valence-electron chi connectivity index (χ4n) is 2.71. The molecule has 0 saturated carbocycles. The lowest BCUT2D eigenvalue weighted by Crippen LogP contribution is -2.38. The minimum absolute atomic E-state index is 0.182. The van der Waals surface area contributed by atoms with Crippen LogP contribution < -0.4 is 10.1 Å². The first-order valence-corrected chi connectivity index (χ1v) is 12.1. The Kier molecular flexibility index (Phi) is 9.00. The Hall–Kier alpha value is -2.03. The molecule has 0 unspecified atom stereocenters. The average Bonchev–Trinajstić information content (AvgIpc) is 2.72. The monoisotopic (exact) mass is 436 g/mol. The Morgan fingerprint density at radius 1 is 1.10 bits per heavy atom. The van der Waals surface area contributed by atoms with Crippen LogP contribution in [-0.4, -0.2) is 51.6 Å². The molecule has 0 radical (unpaired) electrons. The molecule has 0 spiro atoms. The highest BCUT2D eigenvalue weighted by molar-refractivity contribution is 7.98. The van der Waals surface area contributed by atoms with Crippen molar-refractivity contribution < 1.29 is 17.9 Å². The van der Waals surface area contributed by atoms with E-state index in [1.807, 2.05) is 37.4 Å². The van der Waals surface area contributed by atoms with Gasteiger partial charge in [-0.2, -0.15) is 4.31 Å². The van der Waals surface area contributed by atoms with Crippen LogP contribution >= 0.6 is 11.8 Å². The second-order valence-corrected chi connectivity index (χ2v) is 9.39. The van der Waals surface area contributed by atoms with Crippen LogP contribution in [0.1, 0.15) is 18.9 Å². The summed E-state index contributed by atoms with van der Waals surface area (Å²) >= 11 is 1.54. The minimum atomic E-state index is -3.69. The summed E-state index contributed by atoms with van der Waals surface area (Å²) in [5.74, 6) is 0.528. The summed E-state index contributed by atoms with van der Waals surface area (Å²) in [7, 11) is -2.28. The number of nitrogens with one attached hydrogen (secondary N) is 1. The topological polar surface area (TPSA) is 75.7 Å². The molecule has 0 aliphatic carbocycles. The van der Waals surface area contributed by atoms with Crippen molar-refractivity contribution in [3.63, 3.8) is 0 Å². The van der Waals surface area contributed by atoms with Gasteiger partial charge in [-0.1, -0.05) is 12.1 Å². The number of ether oxygens (including phenoxy) is 1. The largest absolute Gasteiger partial charge is 0.494 e. The molecule has 1 amide bonds. The van der Waals surface area contributed by atoms with Crippen molar-refractivity contribution in [1.29, 1.82) is 0 Å². The van der Waals surface area contributed by atoms with Crippen LogP contribution in [0.5, 0.6) is 5.75 Å². The highest BCUT2D eigenvalue weighted by atomic mass is 32.2. The third kappa shape index (κ3) is 7.06. The lowest BCUT2D eigenvalue weighted by atomic mass is 10.1. The molecule has 0 heterocycles. The number of thioether (sulfide) groups is 1. The molecule has 0 aromatic heterocycles. The molecule has 8 heteroatoms. The van der Waals surface area contributed by atoms with Crippen LogP contribution in [-0.2, 0) is 21.2 Å². The van der Waals surface area contributed by atoms with Crippen LogP contribution in [0.4, 0.5) is 0 Å². The standard InChI is InChI=1S/C21H28N2O4S2/c1-4-27-18-9-7-17(8-10-18)6-5-15-22-21(24)16-23(2)29(25,26)20-13-11-19(28-3)12-14-20/h7-14H,4-6,15-16H2,1-3H3,(H,22,24). The average molecular weight is 437 g/mol. The molecule has 2 aromatic carbocycles. The minimum Gasteiger partial charge on any atom is -0.494 e. The molecule has 0 saturated heterocycles. The molecule has 2 rings (SSSR count). The lowest BCUT2D eigenvalue weighted by molar-refractivity contribution is -0.121. The molecular formula is C21H28N2O4S2. The van der Waals surface area contributed by atoms with Crippen LogP contribution in [0.25, 0.3) is 0 Å². The number of nitrogens with zero attached hydrogens (tertiary/aromatic N) is 1. The maximum absolute atomic E-state index is 12.6. The summed E-state index contributed by atoms with van der Waals surface area (Å²) in [6, 6.07) is 14.5. The smallest absolute Gasteiger partial charge is 0.243 e. The summed E-state index contributed by atoms with van der Waals surface area (Å²) in [6.07, 6.45) is 3.52. The van der Waals surface area contributed by atoms with Gasteiger partial charge >= 0.3 is 0 Å². The van der Waals surface area contributed by atoms with Gasteiger partial charge in [0.15, 0.2) is 0 Å². The number of likely N-dealkylation sites (N-methyl/N-ethyl adjacent to an activating group) is 1. The lowest BCUT2D eigenvalue weighted by Gasteiger charge is -2.17.